The Morgan fingerprint density at radius 3 is 2.36 bits per heavy atom. The van der Waals surface area contributed by atoms with Gasteiger partial charge in [-0.25, -0.2) is 4.63 Å². The van der Waals surface area contributed by atoms with Crippen LogP contribution in [0.5, 0.6) is 0 Å². The number of rotatable bonds is 2. The van der Waals surface area contributed by atoms with Crippen LogP contribution >= 0.6 is 0 Å². The Bertz CT molecular complexity index is 814. The Labute approximate surface area is 128 Å². The molecule has 5 nitrogen and oxygen atoms in total. The minimum atomic E-state index is -0.156. The summed E-state index contributed by atoms with van der Waals surface area (Å²) >= 11 is 0. The molecule has 0 bridgehead atoms. The number of benzene rings is 2. The Morgan fingerprint density at radius 2 is 1.68 bits per heavy atom. The van der Waals surface area contributed by atoms with Gasteiger partial charge < -0.3 is 5.32 Å². The van der Waals surface area contributed by atoms with Crippen molar-refractivity contribution < 1.29 is 9.42 Å². The molecule has 3 aromatic rings. The number of aromatic nitrogens is 2. The lowest BCUT2D eigenvalue weighted by molar-refractivity contribution is 0.102. The first-order chi connectivity index (χ1) is 10.4. The minimum absolute atomic E-state index is 0.0694. The first kappa shape index (κ1) is 14.3. The van der Waals surface area contributed by atoms with Gasteiger partial charge in [0, 0.05) is 11.3 Å². The Balaban J connectivity index is 1.78. The molecule has 1 amide bonds. The van der Waals surface area contributed by atoms with Crippen LogP contribution in [0.3, 0.4) is 0 Å². The summed E-state index contributed by atoms with van der Waals surface area (Å²) in [5.41, 5.74) is 3.81. The van der Waals surface area contributed by atoms with Crippen molar-refractivity contribution in [3.8, 4) is 0 Å². The Morgan fingerprint density at radius 1 is 1.00 bits per heavy atom. The van der Waals surface area contributed by atoms with E-state index in [1.54, 1.807) is 18.2 Å². The maximum Gasteiger partial charge on any atom is 0.255 e. The second-order valence-electron chi connectivity index (χ2n) is 6.25. The molecule has 0 aliphatic carbocycles. The average molecular weight is 295 g/mol. The van der Waals surface area contributed by atoms with Gasteiger partial charge in [0.1, 0.15) is 11.0 Å². The molecule has 3 rings (SSSR count). The molecular formula is C17H17N3O2. The zero-order valence-corrected chi connectivity index (χ0v) is 12.8. The van der Waals surface area contributed by atoms with Gasteiger partial charge in [-0.05, 0) is 51.6 Å². The molecule has 0 saturated carbocycles. The van der Waals surface area contributed by atoms with Crippen LogP contribution in [0.1, 0.15) is 36.7 Å². The monoisotopic (exact) mass is 295 g/mol. The van der Waals surface area contributed by atoms with Crippen LogP contribution in [0, 0.1) is 0 Å². The van der Waals surface area contributed by atoms with E-state index >= 15 is 0 Å². The highest BCUT2D eigenvalue weighted by molar-refractivity contribution is 6.04. The highest BCUT2D eigenvalue weighted by atomic mass is 16.6. The van der Waals surface area contributed by atoms with Crippen LogP contribution in [0.2, 0.25) is 0 Å². The first-order valence-corrected chi connectivity index (χ1v) is 7.08. The number of amides is 1. The van der Waals surface area contributed by atoms with Gasteiger partial charge in [0.2, 0.25) is 0 Å². The molecule has 0 radical (unpaired) electrons. The maximum atomic E-state index is 12.3. The molecule has 112 valence electrons. The van der Waals surface area contributed by atoms with Crippen molar-refractivity contribution in [2.24, 2.45) is 0 Å². The lowest BCUT2D eigenvalue weighted by Crippen LogP contribution is -2.14. The van der Waals surface area contributed by atoms with E-state index in [9.17, 15) is 4.79 Å². The van der Waals surface area contributed by atoms with Gasteiger partial charge >= 0.3 is 0 Å². The summed E-state index contributed by atoms with van der Waals surface area (Å²) in [6.45, 7) is 6.43. The van der Waals surface area contributed by atoms with Crippen molar-refractivity contribution in [3.05, 3.63) is 53.6 Å². The van der Waals surface area contributed by atoms with E-state index in [1.807, 2.05) is 24.3 Å². The molecule has 0 saturated heterocycles. The molecule has 2 aromatic carbocycles. The summed E-state index contributed by atoms with van der Waals surface area (Å²) in [7, 11) is 0. The van der Waals surface area contributed by atoms with Crippen molar-refractivity contribution >= 4 is 22.6 Å². The van der Waals surface area contributed by atoms with E-state index in [0.717, 1.165) is 0 Å². The second-order valence-corrected chi connectivity index (χ2v) is 6.25. The standard InChI is InChI=1S/C17H17N3O2/c1-17(2,3)12-6-4-11(5-7-12)16(21)18-13-8-9-14-15(10-13)20-22-19-14/h4-10H,1-3H3,(H,18,21). The number of hydrogen-bond donors (Lipinski definition) is 1. The van der Waals surface area contributed by atoms with Gasteiger partial charge in [-0.2, -0.15) is 0 Å². The van der Waals surface area contributed by atoms with E-state index in [-0.39, 0.29) is 11.3 Å². The predicted octanol–water partition coefficient (Wildman–Crippen LogP) is 3.77. The SMILES string of the molecule is CC(C)(C)c1ccc(C(=O)Nc2ccc3nonc3c2)cc1. The molecule has 0 aliphatic rings. The quantitative estimate of drug-likeness (QED) is 0.781. The normalized spacial score (nSPS) is 11.6. The van der Waals surface area contributed by atoms with Crippen molar-refractivity contribution in [2.75, 3.05) is 5.32 Å². The highest BCUT2D eigenvalue weighted by Crippen LogP contribution is 2.22. The van der Waals surface area contributed by atoms with Crippen LogP contribution in [0.15, 0.2) is 47.1 Å². The fraction of sp³-hybridized carbons (Fsp3) is 0.235. The zero-order chi connectivity index (χ0) is 15.7. The van der Waals surface area contributed by atoms with Crippen molar-refractivity contribution in [1.29, 1.82) is 0 Å². The molecule has 1 N–H and O–H groups in total. The average Bonchev–Trinajstić information content (AvgIpc) is 2.94. The van der Waals surface area contributed by atoms with E-state index in [2.05, 4.69) is 41.0 Å². The van der Waals surface area contributed by atoms with Gasteiger partial charge in [0.05, 0.1) is 0 Å². The predicted molar refractivity (Wildman–Crippen MR) is 84.9 cm³/mol. The van der Waals surface area contributed by atoms with Gasteiger partial charge in [-0.1, -0.05) is 32.9 Å². The molecular weight excluding hydrogens is 278 g/mol. The smallest absolute Gasteiger partial charge is 0.255 e. The molecule has 1 heterocycles. The molecule has 0 unspecified atom stereocenters. The van der Waals surface area contributed by atoms with Gasteiger partial charge in [0.25, 0.3) is 5.91 Å². The van der Waals surface area contributed by atoms with Crippen LogP contribution in [-0.2, 0) is 5.41 Å². The minimum Gasteiger partial charge on any atom is -0.322 e. The van der Waals surface area contributed by atoms with Crippen LogP contribution in [-0.4, -0.2) is 16.2 Å². The van der Waals surface area contributed by atoms with E-state index in [0.29, 0.717) is 22.3 Å². The van der Waals surface area contributed by atoms with Crippen molar-refractivity contribution in [1.82, 2.24) is 10.3 Å². The first-order valence-electron chi connectivity index (χ1n) is 7.08. The van der Waals surface area contributed by atoms with Gasteiger partial charge in [-0.15, -0.1) is 0 Å². The molecule has 0 spiro atoms. The number of nitrogens with one attached hydrogen (secondary N) is 1. The van der Waals surface area contributed by atoms with E-state index in [4.69, 9.17) is 0 Å². The maximum absolute atomic E-state index is 12.3. The number of hydrogen-bond acceptors (Lipinski definition) is 4. The summed E-state index contributed by atoms with van der Waals surface area (Å²) < 4.78 is 4.64. The Hall–Kier alpha value is -2.69. The molecule has 0 aliphatic heterocycles. The van der Waals surface area contributed by atoms with Crippen molar-refractivity contribution in [2.45, 2.75) is 26.2 Å². The molecule has 22 heavy (non-hydrogen) atoms. The zero-order valence-electron chi connectivity index (χ0n) is 12.8. The summed E-state index contributed by atoms with van der Waals surface area (Å²) in [5.74, 6) is -0.156. The third-order valence-electron chi connectivity index (χ3n) is 3.52. The van der Waals surface area contributed by atoms with Crippen LogP contribution in [0.25, 0.3) is 11.0 Å². The van der Waals surface area contributed by atoms with Gasteiger partial charge in [-0.3, -0.25) is 4.79 Å². The lowest BCUT2D eigenvalue weighted by atomic mass is 9.87. The third-order valence-corrected chi connectivity index (χ3v) is 3.52. The number of fused-ring (bicyclic) bond motifs is 1. The Kier molecular flexibility index (Phi) is 3.41. The van der Waals surface area contributed by atoms with E-state index in [1.165, 1.54) is 5.56 Å². The largest absolute Gasteiger partial charge is 0.322 e. The fourth-order valence-corrected chi connectivity index (χ4v) is 2.18. The molecule has 0 atom stereocenters. The summed E-state index contributed by atoms with van der Waals surface area (Å²) in [6.07, 6.45) is 0. The second kappa shape index (κ2) is 5.26. The van der Waals surface area contributed by atoms with Gasteiger partial charge in [0.15, 0.2) is 0 Å². The third kappa shape index (κ3) is 2.83. The fourth-order valence-electron chi connectivity index (χ4n) is 2.18. The summed E-state index contributed by atoms with van der Waals surface area (Å²) in [4.78, 5) is 12.3. The topological polar surface area (TPSA) is 68.0 Å². The number of anilines is 1. The highest BCUT2D eigenvalue weighted by Gasteiger charge is 2.14. The molecule has 0 fully saturated rings. The lowest BCUT2D eigenvalue weighted by Gasteiger charge is -2.19. The van der Waals surface area contributed by atoms with Crippen molar-refractivity contribution in [3.63, 3.8) is 0 Å². The molecule has 5 heteroatoms. The number of carbonyl (C=O) groups excluding carboxylic acids is 1. The van der Waals surface area contributed by atoms with Crippen LogP contribution < -0.4 is 5.32 Å². The summed E-state index contributed by atoms with van der Waals surface area (Å²) in [5, 5.41) is 10.3. The summed E-state index contributed by atoms with van der Waals surface area (Å²) in [6, 6.07) is 12.9. The number of nitrogens with zero attached hydrogens (tertiary/aromatic N) is 2. The molecule has 1 aromatic heterocycles. The van der Waals surface area contributed by atoms with Crippen LogP contribution in [0.4, 0.5) is 5.69 Å². The number of carbonyl (C=O) groups is 1. The van der Waals surface area contributed by atoms with E-state index < -0.39 is 0 Å².